The van der Waals surface area contributed by atoms with Crippen LogP contribution in [0, 0.1) is 24.0 Å². The zero-order chi connectivity index (χ0) is 20.1. The van der Waals surface area contributed by atoms with Gasteiger partial charge in [0.25, 0.3) is 0 Å². The second kappa shape index (κ2) is 8.94. The molecule has 142 valence electrons. The molecule has 1 N–H and O–H groups in total. The highest BCUT2D eigenvalue weighted by Crippen LogP contribution is 2.43. The quantitative estimate of drug-likeness (QED) is 0.392. The van der Waals surface area contributed by atoms with E-state index in [-0.39, 0.29) is 27.4 Å². The van der Waals surface area contributed by atoms with Gasteiger partial charge >= 0.3 is 0 Å². The number of hydrogen-bond donors (Lipinski definition) is 1. The minimum atomic E-state index is -0.974. The molecule has 2 rings (SSSR count). The van der Waals surface area contributed by atoms with Gasteiger partial charge in [-0.05, 0) is 50.1 Å². The van der Waals surface area contributed by atoms with Crippen molar-refractivity contribution in [3.8, 4) is 23.5 Å². The van der Waals surface area contributed by atoms with Crippen LogP contribution < -0.4 is 0 Å². The maximum Gasteiger partial charge on any atom is 0.126 e. The number of benzene rings is 2. The molecule has 1 unspecified atom stereocenters. The minimum Gasteiger partial charge on any atom is -0.389 e. The maximum atomic E-state index is 13.8. The maximum absolute atomic E-state index is 13.8. The molecular formula is C20H20ClF2N3O. The van der Waals surface area contributed by atoms with Crippen LogP contribution in [0.4, 0.5) is 14.5 Å². The Morgan fingerprint density at radius 1 is 1.19 bits per heavy atom. The molecule has 0 amide bonds. The normalized spacial score (nSPS) is 12.2. The van der Waals surface area contributed by atoms with Gasteiger partial charge in [0.05, 0.1) is 16.7 Å². The molecule has 0 saturated heterocycles. The molecule has 0 bridgehead atoms. The Hall–Kier alpha value is -2.49. The van der Waals surface area contributed by atoms with Crippen molar-refractivity contribution in [3.63, 3.8) is 0 Å². The second-order valence-corrected chi connectivity index (χ2v) is 6.26. The Balaban J connectivity index is 2.87. The minimum absolute atomic E-state index is 0.179. The molecule has 0 aliphatic rings. The average Bonchev–Trinajstić information content (AvgIpc) is 2.61. The number of aliphatic hydroxyl groups is 1. The largest absolute Gasteiger partial charge is 0.389 e. The summed E-state index contributed by atoms with van der Waals surface area (Å²) >= 11 is 6.27. The van der Waals surface area contributed by atoms with E-state index in [1.165, 1.54) is 13.0 Å². The van der Waals surface area contributed by atoms with Crippen LogP contribution in [0.15, 0.2) is 34.6 Å². The van der Waals surface area contributed by atoms with Crippen LogP contribution in [-0.4, -0.2) is 23.2 Å². The Labute approximate surface area is 162 Å². The van der Waals surface area contributed by atoms with Gasteiger partial charge in [0.1, 0.15) is 17.3 Å². The zero-order valence-electron chi connectivity index (χ0n) is 15.3. The van der Waals surface area contributed by atoms with Gasteiger partial charge in [0, 0.05) is 24.7 Å². The van der Waals surface area contributed by atoms with E-state index in [0.717, 1.165) is 18.2 Å². The lowest BCUT2D eigenvalue weighted by Gasteiger charge is -2.18. The first-order chi connectivity index (χ1) is 12.8. The van der Waals surface area contributed by atoms with E-state index in [2.05, 4.69) is 16.3 Å². The molecule has 0 heterocycles. The number of terminal acetylenes is 1. The van der Waals surface area contributed by atoms with E-state index in [0.29, 0.717) is 18.7 Å². The average molecular weight is 392 g/mol. The second-order valence-electron chi connectivity index (χ2n) is 5.85. The van der Waals surface area contributed by atoms with Crippen molar-refractivity contribution in [2.45, 2.75) is 26.9 Å². The van der Waals surface area contributed by atoms with E-state index in [1.807, 2.05) is 13.8 Å². The number of nitrogens with zero attached hydrogens (tertiary/aromatic N) is 3. The summed E-state index contributed by atoms with van der Waals surface area (Å²) < 4.78 is 27.7. The number of hydrogen-bond acceptors (Lipinski definition) is 3. The van der Waals surface area contributed by atoms with Gasteiger partial charge in [0.2, 0.25) is 0 Å². The number of aliphatic hydroxyl groups excluding tert-OH is 1. The fraction of sp³-hybridized carbons (Fsp3) is 0.300. The van der Waals surface area contributed by atoms with Crippen molar-refractivity contribution >= 4 is 17.3 Å². The van der Waals surface area contributed by atoms with Crippen LogP contribution in [0.5, 0.6) is 0 Å². The first-order valence-corrected chi connectivity index (χ1v) is 8.84. The lowest BCUT2D eigenvalue weighted by Crippen LogP contribution is -2.14. The number of rotatable bonds is 6. The topological polar surface area (TPSA) is 48.2 Å². The monoisotopic (exact) mass is 391 g/mol. The Morgan fingerprint density at radius 2 is 1.78 bits per heavy atom. The molecule has 2 aromatic carbocycles. The summed E-state index contributed by atoms with van der Waals surface area (Å²) in [6.07, 6.45) is 4.62. The van der Waals surface area contributed by atoms with Gasteiger partial charge in [-0.1, -0.05) is 22.7 Å². The molecule has 0 aliphatic carbocycles. The van der Waals surface area contributed by atoms with Gasteiger partial charge in [0.15, 0.2) is 0 Å². The third-order valence-electron chi connectivity index (χ3n) is 4.03. The lowest BCUT2D eigenvalue weighted by molar-refractivity contribution is 0.200. The predicted octanol–water partition coefficient (Wildman–Crippen LogP) is 5.66. The SMILES string of the molecule is C#Cc1c(Cl)cc(C(C)O)c(-c2cc(F)cc(F)c2)c1/N=N/N(CC)CC. The van der Waals surface area contributed by atoms with E-state index < -0.39 is 17.7 Å². The Morgan fingerprint density at radius 3 is 2.26 bits per heavy atom. The molecule has 0 spiro atoms. The Bertz CT molecular complexity index is 883. The summed E-state index contributed by atoms with van der Waals surface area (Å²) in [6, 6.07) is 4.54. The highest BCUT2D eigenvalue weighted by molar-refractivity contribution is 6.32. The van der Waals surface area contributed by atoms with Crippen molar-refractivity contribution in [3.05, 3.63) is 52.0 Å². The van der Waals surface area contributed by atoms with Crippen LogP contribution in [0.25, 0.3) is 11.1 Å². The molecule has 1 atom stereocenters. The first-order valence-electron chi connectivity index (χ1n) is 8.46. The van der Waals surface area contributed by atoms with Gasteiger partial charge in [-0.15, -0.1) is 11.5 Å². The van der Waals surface area contributed by atoms with Gasteiger partial charge in [-0.3, -0.25) is 5.01 Å². The van der Waals surface area contributed by atoms with E-state index in [9.17, 15) is 13.9 Å². The van der Waals surface area contributed by atoms with Crippen molar-refractivity contribution in [1.82, 2.24) is 5.01 Å². The van der Waals surface area contributed by atoms with E-state index >= 15 is 0 Å². The predicted molar refractivity (Wildman–Crippen MR) is 103 cm³/mol. The summed E-state index contributed by atoms with van der Waals surface area (Å²) in [4.78, 5) is 0. The molecule has 2 aromatic rings. The van der Waals surface area contributed by atoms with E-state index in [1.54, 1.807) is 5.01 Å². The van der Waals surface area contributed by atoms with Gasteiger partial charge in [-0.25, -0.2) is 8.78 Å². The molecule has 0 aliphatic heterocycles. The highest BCUT2D eigenvalue weighted by Gasteiger charge is 2.22. The van der Waals surface area contributed by atoms with Crippen molar-refractivity contribution in [1.29, 1.82) is 0 Å². The molecule has 0 aromatic heterocycles. The van der Waals surface area contributed by atoms with Crippen LogP contribution >= 0.6 is 11.6 Å². The zero-order valence-corrected chi connectivity index (χ0v) is 16.1. The Kier molecular flexibility index (Phi) is 6.89. The fourth-order valence-corrected chi connectivity index (χ4v) is 2.94. The van der Waals surface area contributed by atoms with Crippen molar-refractivity contribution < 1.29 is 13.9 Å². The standard InChI is InChI=1S/C20H20ClF2N3O/c1-5-16-18(21)11-17(12(4)27)19(13-8-14(22)10-15(23)9-13)20(16)24-25-26(6-2)7-3/h1,8-12,27H,6-7H2,2-4H3/b25-24+. The molecule has 0 saturated carbocycles. The molecule has 0 fully saturated rings. The third-order valence-corrected chi connectivity index (χ3v) is 4.33. The number of halogens is 3. The van der Waals surface area contributed by atoms with Crippen molar-refractivity contribution in [2.75, 3.05) is 13.1 Å². The molecule has 4 nitrogen and oxygen atoms in total. The summed E-state index contributed by atoms with van der Waals surface area (Å²) in [5.74, 6) is 0.938. The summed E-state index contributed by atoms with van der Waals surface area (Å²) in [7, 11) is 0. The summed E-state index contributed by atoms with van der Waals surface area (Å²) in [6.45, 7) is 6.56. The van der Waals surface area contributed by atoms with Crippen molar-refractivity contribution in [2.24, 2.45) is 10.3 Å². The first kappa shape index (κ1) is 20.8. The molecular weight excluding hydrogens is 372 g/mol. The smallest absolute Gasteiger partial charge is 0.126 e. The van der Waals surface area contributed by atoms with Crippen LogP contribution in [-0.2, 0) is 0 Å². The molecule has 27 heavy (non-hydrogen) atoms. The van der Waals surface area contributed by atoms with Crippen LogP contribution in [0.1, 0.15) is 38.0 Å². The van der Waals surface area contributed by atoms with Gasteiger partial charge < -0.3 is 5.11 Å². The van der Waals surface area contributed by atoms with Gasteiger partial charge in [-0.2, -0.15) is 0 Å². The van der Waals surface area contributed by atoms with Crippen LogP contribution in [0.2, 0.25) is 5.02 Å². The van der Waals surface area contributed by atoms with Crippen LogP contribution in [0.3, 0.4) is 0 Å². The molecule has 0 radical (unpaired) electrons. The third kappa shape index (κ3) is 4.62. The molecule has 7 heteroatoms. The summed E-state index contributed by atoms with van der Waals surface area (Å²) in [5, 5.41) is 20.5. The summed E-state index contributed by atoms with van der Waals surface area (Å²) in [5.41, 5.74) is 1.23. The lowest BCUT2D eigenvalue weighted by atomic mass is 9.92. The fourth-order valence-electron chi connectivity index (χ4n) is 2.68. The van der Waals surface area contributed by atoms with E-state index in [4.69, 9.17) is 18.0 Å². The highest BCUT2D eigenvalue weighted by atomic mass is 35.5.